The lowest BCUT2D eigenvalue weighted by Crippen LogP contribution is -2.08. The molecule has 3 aromatic heterocycles. The Bertz CT molecular complexity index is 851. The van der Waals surface area contributed by atoms with Crippen LogP contribution in [0.15, 0.2) is 16.5 Å². The molecule has 1 aliphatic carbocycles. The van der Waals surface area contributed by atoms with E-state index in [1.165, 1.54) is 28.7 Å². The highest BCUT2D eigenvalue weighted by atomic mass is 32.2. The topological polar surface area (TPSA) is 56.5 Å². The van der Waals surface area contributed by atoms with Gasteiger partial charge < -0.3 is 4.57 Å². The molecule has 0 amide bonds. The maximum Gasteiger partial charge on any atom is 0.197 e. The summed E-state index contributed by atoms with van der Waals surface area (Å²) in [5, 5.41) is 11.5. The Morgan fingerprint density at radius 2 is 2.18 bits per heavy atom. The standard InChI is InChI=1S/C15H17N5S2/c1-8-4-5-10-11(6-8)21-13-12(10)14(17-7-16-13)22-15-19-18-9(2)20(15)3/h7-8H,4-6H2,1-3H3/t8-/m0/s1. The summed E-state index contributed by atoms with van der Waals surface area (Å²) in [5.41, 5.74) is 1.46. The van der Waals surface area contributed by atoms with E-state index >= 15 is 0 Å². The molecule has 0 spiro atoms. The Balaban J connectivity index is 1.83. The molecule has 3 aromatic rings. The first-order valence-electron chi connectivity index (χ1n) is 7.42. The van der Waals surface area contributed by atoms with Crippen LogP contribution < -0.4 is 0 Å². The summed E-state index contributed by atoms with van der Waals surface area (Å²) in [4.78, 5) is 11.6. The van der Waals surface area contributed by atoms with Crippen LogP contribution in [0, 0.1) is 12.8 Å². The maximum absolute atomic E-state index is 4.53. The fraction of sp³-hybridized carbons (Fsp3) is 0.467. The number of nitrogens with zero attached hydrogens (tertiary/aromatic N) is 5. The molecule has 0 fully saturated rings. The van der Waals surface area contributed by atoms with Crippen LogP contribution in [-0.4, -0.2) is 24.7 Å². The largest absolute Gasteiger partial charge is 0.309 e. The van der Waals surface area contributed by atoms with Gasteiger partial charge in [0.1, 0.15) is 22.0 Å². The van der Waals surface area contributed by atoms with Gasteiger partial charge in [0.2, 0.25) is 0 Å². The van der Waals surface area contributed by atoms with Gasteiger partial charge in [-0.25, -0.2) is 9.97 Å². The summed E-state index contributed by atoms with van der Waals surface area (Å²) in [6.45, 7) is 4.29. The number of rotatable bonds is 2. The van der Waals surface area contributed by atoms with Crippen molar-refractivity contribution in [3.05, 3.63) is 22.6 Å². The van der Waals surface area contributed by atoms with Crippen LogP contribution in [0.3, 0.4) is 0 Å². The second kappa shape index (κ2) is 5.31. The maximum atomic E-state index is 4.53. The smallest absolute Gasteiger partial charge is 0.197 e. The molecular formula is C15H17N5S2. The Morgan fingerprint density at radius 1 is 1.32 bits per heavy atom. The molecule has 4 rings (SSSR count). The number of aromatic nitrogens is 5. The molecule has 5 nitrogen and oxygen atoms in total. The zero-order chi connectivity index (χ0) is 15.3. The van der Waals surface area contributed by atoms with Crippen LogP contribution in [0.25, 0.3) is 10.2 Å². The molecule has 0 bridgehead atoms. The lowest BCUT2D eigenvalue weighted by atomic mass is 9.89. The Labute approximate surface area is 137 Å². The van der Waals surface area contributed by atoms with Crippen molar-refractivity contribution in [1.82, 2.24) is 24.7 Å². The van der Waals surface area contributed by atoms with Gasteiger partial charge >= 0.3 is 0 Å². The lowest BCUT2D eigenvalue weighted by molar-refractivity contribution is 0.509. The van der Waals surface area contributed by atoms with E-state index in [2.05, 4.69) is 27.1 Å². The van der Waals surface area contributed by atoms with E-state index in [-0.39, 0.29) is 0 Å². The third-order valence-electron chi connectivity index (χ3n) is 4.30. The zero-order valence-corrected chi connectivity index (χ0v) is 14.5. The van der Waals surface area contributed by atoms with Gasteiger partial charge in [-0.1, -0.05) is 6.92 Å². The van der Waals surface area contributed by atoms with E-state index in [4.69, 9.17) is 0 Å². The van der Waals surface area contributed by atoms with Gasteiger partial charge in [0, 0.05) is 17.3 Å². The number of hydrogen-bond acceptors (Lipinski definition) is 6. The first-order valence-corrected chi connectivity index (χ1v) is 9.06. The summed E-state index contributed by atoms with van der Waals surface area (Å²) in [6.07, 6.45) is 5.22. The molecule has 0 radical (unpaired) electrons. The van der Waals surface area contributed by atoms with E-state index in [1.54, 1.807) is 18.1 Å². The molecule has 0 saturated carbocycles. The third kappa shape index (κ3) is 2.23. The number of aryl methyl sites for hydroxylation is 2. The van der Waals surface area contributed by atoms with Crippen molar-refractivity contribution in [3.63, 3.8) is 0 Å². The summed E-state index contributed by atoms with van der Waals surface area (Å²) >= 11 is 3.42. The van der Waals surface area contributed by atoms with Gasteiger partial charge in [0.05, 0.1) is 0 Å². The normalized spacial score (nSPS) is 17.9. The average molecular weight is 331 g/mol. The number of hydrogen-bond donors (Lipinski definition) is 0. The van der Waals surface area contributed by atoms with Crippen molar-refractivity contribution in [3.8, 4) is 0 Å². The van der Waals surface area contributed by atoms with Crippen LogP contribution in [0.1, 0.15) is 29.6 Å². The zero-order valence-electron chi connectivity index (χ0n) is 12.8. The van der Waals surface area contributed by atoms with Crippen molar-refractivity contribution in [2.45, 2.75) is 43.3 Å². The van der Waals surface area contributed by atoms with Crippen LogP contribution in [0.4, 0.5) is 0 Å². The lowest BCUT2D eigenvalue weighted by Gasteiger charge is -2.18. The van der Waals surface area contributed by atoms with Crippen molar-refractivity contribution >= 4 is 33.3 Å². The Morgan fingerprint density at radius 3 is 2.95 bits per heavy atom. The number of fused-ring (bicyclic) bond motifs is 3. The van der Waals surface area contributed by atoms with Gasteiger partial charge in [0.15, 0.2) is 5.16 Å². The Kier molecular flexibility index (Phi) is 3.41. The van der Waals surface area contributed by atoms with Gasteiger partial charge in [-0.15, -0.1) is 21.5 Å². The van der Waals surface area contributed by atoms with E-state index in [0.29, 0.717) is 0 Å². The minimum Gasteiger partial charge on any atom is -0.309 e. The molecule has 1 aliphatic rings. The number of thiophene rings is 1. The van der Waals surface area contributed by atoms with Gasteiger partial charge in [0.25, 0.3) is 0 Å². The summed E-state index contributed by atoms with van der Waals surface area (Å²) in [6, 6.07) is 0. The molecule has 22 heavy (non-hydrogen) atoms. The van der Waals surface area contributed by atoms with Crippen LogP contribution >= 0.6 is 23.1 Å². The van der Waals surface area contributed by atoms with Crippen molar-refractivity contribution in [1.29, 1.82) is 0 Å². The summed E-state index contributed by atoms with van der Waals surface area (Å²) in [5.74, 6) is 1.68. The molecule has 0 aliphatic heterocycles. The second-order valence-electron chi connectivity index (χ2n) is 5.90. The molecule has 114 valence electrons. The minimum absolute atomic E-state index is 0.769. The molecule has 0 saturated heterocycles. The highest BCUT2D eigenvalue weighted by molar-refractivity contribution is 7.99. The van der Waals surface area contributed by atoms with Crippen molar-refractivity contribution < 1.29 is 0 Å². The molecule has 0 unspecified atom stereocenters. The van der Waals surface area contributed by atoms with E-state index < -0.39 is 0 Å². The fourth-order valence-corrected chi connectivity index (χ4v) is 5.25. The summed E-state index contributed by atoms with van der Waals surface area (Å²) < 4.78 is 2.00. The van der Waals surface area contributed by atoms with E-state index in [1.807, 2.05) is 29.9 Å². The monoisotopic (exact) mass is 331 g/mol. The summed E-state index contributed by atoms with van der Waals surface area (Å²) in [7, 11) is 1.99. The van der Waals surface area contributed by atoms with Gasteiger partial charge in [-0.2, -0.15) is 0 Å². The van der Waals surface area contributed by atoms with E-state index in [0.717, 1.165) is 33.2 Å². The SMILES string of the molecule is Cc1nnc(Sc2ncnc3sc4c(c23)CC[C@H](C)C4)n1C. The molecule has 1 atom stereocenters. The van der Waals surface area contributed by atoms with E-state index in [9.17, 15) is 0 Å². The molecular weight excluding hydrogens is 314 g/mol. The van der Waals surface area contributed by atoms with Crippen LogP contribution in [0.2, 0.25) is 0 Å². The first kappa shape index (κ1) is 14.1. The van der Waals surface area contributed by atoms with Crippen molar-refractivity contribution in [2.75, 3.05) is 0 Å². The molecule has 3 heterocycles. The second-order valence-corrected chi connectivity index (χ2v) is 7.94. The average Bonchev–Trinajstić information content (AvgIpc) is 3.02. The predicted octanol–water partition coefficient (Wildman–Crippen LogP) is 3.40. The van der Waals surface area contributed by atoms with Crippen LogP contribution in [-0.2, 0) is 19.9 Å². The molecule has 7 heteroatoms. The van der Waals surface area contributed by atoms with Gasteiger partial charge in [-0.05, 0) is 49.4 Å². The third-order valence-corrected chi connectivity index (χ3v) is 6.50. The highest BCUT2D eigenvalue weighted by Crippen LogP contribution is 2.41. The van der Waals surface area contributed by atoms with Crippen molar-refractivity contribution in [2.24, 2.45) is 13.0 Å². The molecule has 0 N–H and O–H groups in total. The van der Waals surface area contributed by atoms with Gasteiger partial charge in [-0.3, -0.25) is 0 Å². The van der Waals surface area contributed by atoms with Crippen LogP contribution in [0.5, 0.6) is 0 Å². The fourth-order valence-electron chi connectivity index (χ4n) is 2.89. The predicted molar refractivity (Wildman–Crippen MR) is 88.5 cm³/mol. The Hall–Kier alpha value is -1.47. The minimum atomic E-state index is 0.769. The highest BCUT2D eigenvalue weighted by Gasteiger charge is 2.24. The quantitative estimate of drug-likeness (QED) is 0.674. The first-order chi connectivity index (χ1) is 10.6. The molecule has 0 aromatic carbocycles.